The average molecular weight is 223 g/mol. The predicted molar refractivity (Wildman–Crippen MR) is 70.6 cm³/mol. The van der Waals surface area contributed by atoms with E-state index in [4.69, 9.17) is 0 Å². The normalized spacial score (nSPS) is 39.4. The van der Waals surface area contributed by atoms with Crippen molar-refractivity contribution in [3.63, 3.8) is 0 Å². The second kappa shape index (κ2) is 4.68. The highest BCUT2D eigenvalue weighted by Crippen LogP contribution is 2.56. The molecule has 0 aromatic heterocycles. The Balaban J connectivity index is 1.74. The van der Waals surface area contributed by atoms with Crippen LogP contribution in [0.25, 0.3) is 0 Å². The number of rotatable bonds is 3. The molecule has 0 radical (unpaired) electrons. The van der Waals surface area contributed by atoms with Crippen LogP contribution in [0.1, 0.15) is 58.8 Å². The van der Waals surface area contributed by atoms with Crippen molar-refractivity contribution >= 4 is 0 Å². The van der Waals surface area contributed by atoms with E-state index < -0.39 is 0 Å². The van der Waals surface area contributed by atoms with Crippen molar-refractivity contribution in [3.05, 3.63) is 0 Å². The molecule has 2 aliphatic rings. The summed E-state index contributed by atoms with van der Waals surface area (Å²) in [6, 6.07) is 0.870. The molecule has 0 unspecified atom stereocenters. The van der Waals surface area contributed by atoms with Gasteiger partial charge in [0.05, 0.1) is 0 Å². The second-order valence-corrected chi connectivity index (χ2v) is 7.10. The maximum absolute atomic E-state index is 2.43. The molecule has 0 saturated heterocycles. The molecule has 0 N–H and O–H groups in total. The maximum atomic E-state index is 2.43. The maximum Gasteiger partial charge on any atom is 0.00895 e. The summed E-state index contributed by atoms with van der Waals surface area (Å²) in [5.41, 5.74) is 0.798. The predicted octanol–water partition coefficient (Wildman–Crippen LogP) is 3.93. The third-order valence-corrected chi connectivity index (χ3v) is 4.99. The third kappa shape index (κ3) is 2.61. The third-order valence-electron chi connectivity index (χ3n) is 4.99. The lowest BCUT2D eigenvalue weighted by Gasteiger charge is -2.53. The quantitative estimate of drug-likeness (QED) is 0.700. The van der Waals surface area contributed by atoms with Crippen LogP contribution in [0.3, 0.4) is 0 Å². The molecule has 94 valence electrons. The van der Waals surface area contributed by atoms with Gasteiger partial charge in [0.15, 0.2) is 0 Å². The fourth-order valence-electron chi connectivity index (χ4n) is 4.14. The summed E-state index contributed by atoms with van der Waals surface area (Å²) in [6.07, 6.45) is 10.5. The molecular weight excluding hydrogens is 194 g/mol. The van der Waals surface area contributed by atoms with E-state index in [0.29, 0.717) is 0 Å². The number of nitrogens with zero attached hydrogens (tertiary/aromatic N) is 1. The zero-order valence-corrected chi connectivity index (χ0v) is 11.6. The van der Waals surface area contributed by atoms with E-state index in [-0.39, 0.29) is 0 Å². The number of hydrogen-bond acceptors (Lipinski definition) is 1. The van der Waals surface area contributed by atoms with Crippen LogP contribution in [-0.4, -0.2) is 25.0 Å². The summed E-state index contributed by atoms with van der Waals surface area (Å²) in [7, 11) is 4.48. The second-order valence-electron chi connectivity index (χ2n) is 7.10. The molecule has 2 aliphatic carbocycles. The van der Waals surface area contributed by atoms with Gasteiger partial charge < -0.3 is 4.90 Å². The molecule has 0 aliphatic heterocycles. The Kier molecular flexibility index (Phi) is 3.63. The highest BCUT2D eigenvalue weighted by molar-refractivity contribution is 4.97. The lowest BCUT2D eigenvalue weighted by atomic mass is 9.54. The van der Waals surface area contributed by atoms with Crippen molar-refractivity contribution in [1.82, 2.24) is 4.90 Å². The Hall–Kier alpha value is -0.0400. The van der Waals surface area contributed by atoms with Crippen molar-refractivity contribution in [2.75, 3.05) is 14.1 Å². The van der Waals surface area contributed by atoms with Gasteiger partial charge in [-0.1, -0.05) is 13.8 Å². The van der Waals surface area contributed by atoms with Gasteiger partial charge in [-0.3, -0.25) is 0 Å². The molecule has 1 nitrogen and oxygen atoms in total. The van der Waals surface area contributed by atoms with Crippen LogP contribution < -0.4 is 0 Å². The number of hydrogen-bond donors (Lipinski definition) is 0. The lowest BCUT2D eigenvalue weighted by Crippen LogP contribution is -2.44. The van der Waals surface area contributed by atoms with E-state index >= 15 is 0 Å². The van der Waals surface area contributed by atoms with Gasteiger partial charge in [-0.15, -0.1) is 0 Å². The minimum atomic E-state index is 0.798. The first-order valence-corrected chi connectivity index (χ1v) is 7.17. The summed E-state index contributed by atoms with van der Waals surface area (Å²) in [4.78, 5) is 2.43. The molecule has 16 heavy (non-hydrogen) atoms. The molecule has 0 heterocycles. The molecule has 2 rings (SSSR count). The smallest absolute Gasteiger partial charge is 0.00895 e. The van der Waals surface area contributed by atoms with Crippen LogP contribution in [0.4, 0.5) is 0 Å². The SMILES string of the molecule is CC(C)CC1CC2(CCC(N(C)C)CC2)C1. The Bertz CT molecular complexity index is 208. The summed E-state index contributed by atoms with van der Waals surface area (Å²) in [5.74, 6) is 1.97. The van der Waals surface area contributed by atoms with E-state index in [2.05, 4.69) is 32.8 Å². The monoisotopic (exact) mass is 223 g/mol. The first-order valence-electron chi connectivity index (χ1n) is 7.17. The van der Waals surface area contributed by atoms with Gasteiger partial charge in [0, 0.05) is 6.04 Å². The minimum absolute atomic E-state index is 0.798. The van der Waals surface area contributed by atoms with Gasteiger partial charge in [0.25, 0.3) is 0 Å². The van der Waals surface area contributed by atoms with Crippen LogP contribution in [0.5, 0.6) is 0 Å². The van der Waals surface area contributed by atoms with E-state index in [1.54, 1.807) is 12.8 Å². The fraction of sp³-hybridized carbons (Fsp3) is 1.00. The molecule has 2 fully saturated rings. The zero-order chi connectivity index (χ0) is 11.8. The first kappa shape index (κ1) is 12.4. The van der Waals surface area contributed by atoms with E-state index in [1.165, 1.54) is 32.1 Å². The fourth-order valence-corrected chi connectivity index (χ4v) is 4.14. The van der Waals surface area contributed by atoms with Crippen LogP contribution >= 0.6 is 0 Å². The molecule has 2 saturated carbocycles. The Morgan fingerprint density at radius 2 is 1.69 bits per heavy atom. The van der Waals surface area contributed by atoms with E-state index in [9.17, 15) is 0 Å². The van der Waals surface area contributed by atoms with Crippen LogP contribution in [0.15, 0.2) is 0 Å². The zero-order valence-electron chi connectivity index (χ0n) is 11.6. The average Bonchev–Trinajstić information content (AvgIpc) is 2.15. The molecule has 0 atom stereocenters. The van der Waals surface area contributed by atoms with Gasteiger partial charge >= 0.3 is 0 Å². The van der Waals surface area contributed by atoms with Gasteiger partial charge in [-0.2, -0.15) is 0 Å². The Morgan fingerprint density at radius 1 is 1.12 bits per heavy atom. The van der Waals surface area contributed by atoms with E-state index in [1.807, 2.05) is 0 Å². The highest BCUT2D eigenvalue weighted by Gasteiger charge is 2.45. The van der Waals surface area contributed by atoms with Crippen LogP contribution in [0.2, 0.25) is 0 Å². The highest BCUT2D eigenvalue weighted by atomic mass is 15.1. The minimum Gasteiger partial charge on any atom is -0.306 e. The van der Waals surface area contributed by atoms with Crippen LogP contribution in [0, 0.1) is 17.3 Å². The first-order chi connectivity index (χ1) is 7.51. The molecule has 0 aromatic rings. The summed E-state index contributed by atoms with van der Waals surface area (Å²) < 4.78 is 0. The molecule has 1 spiro atoms. The van der Waals surface area contributed by atoms with Gasteiger partial charge in [0.1, 0.15) is 0 Å². The largest absolute Gasteiger partial charge is 0.306 e. The summed E-state index contributed by atoms with van der Waals surface area (Å²) in [6.45, 7) is 4.74. The van der Waals surface area contributed by atoms with Crippen LogP contribution in [-0.2, 0) is 0 Å². The summed E-state index contributed by atoms with van der Waals surface area (Å²) in [5, 5.41) is 0. The van der Waals surface area contributed by atoms with Gasteiger partial charge in [-0.25, -0.2) is 0 Å². The lowest BCUT2D eigenvalue weighted by molar-refractivity contribution is -0.0133. The molecular formula is C15H29N. The Morgan fingerprint density at radius 3 is 2.12 bits per heavy atom. The topological polar surface area (TPSA) is 3.24 Å². The van der Waals surface area contributed by atoms with Crippen molar-refractivity contribution in [2.45, 2.75) is 64.8 Å². The Labute approximate surface area is 102 Å². The molecule has 0 amide bonds. The standard InChI is InChI=1S/C15H29N/c1-12(2)9-13-10-15(11-13)7-5-14(6-8-15)16(3)4/h12-14H,5-11H2,1-4H3. The molecule has 1 heteroatoms. The summed E-state index contributed by atoms with van der Waals surface area (Å²) >= 11 is 0. The van der Waals surface area contributed by atoms with Crippen molar-refractivity contribution in [3.8, 4) is 0 Å². The van der Waals surface area contributed by atoms with Crippen molar-refractivity contribution in [2.24, 2.45) is 17.3 Å². The van der Waals surface area contributed by atoms with Gasteiger partial charge in [0.2, 0.25) is 0 Å². The van der Waals surface area contributed by atoms with Crippen molar-refractivity contribution < 1.29 is 0 Å². The van der Waals surface area contributed by atoms with Crippen molar-refractivity contribution in [1.29, 1.82) is 0 Å². The van der Waals surface area contributed by atoms with E-state index in [0.717, 1.165) is 23.3 Å². The molecule has 0 aromatic carbocycles. The van der Waals surface area contributed by atoms with Gasteiger partial charge in [-0.05, 0) is 76.3 Å². The molecule has 0 bridgehead atoms.